The highest BCUT2D eigenvalue weighted by Crippen LogP contribution is 2.29. The highest BCUT2D eigenvalue weighted by atomic mass is 32.1. The average molecular weight is 271 g/mol. The number of hydrogen-bond acceptors (Lipinski definition) is 4. The highest BCUT2D eigenvalue weighted by molar-refractivity contribution is 7.13. The van der Waals surface area contributed by atoms with E-state index in [-0.39, 0.29) is 0 Å². The van der Waals surface area contributed by atoms with Crippen LogP contribution >= 0.6 is 11.3 Å². The molecule has 0 aliphatic rings. The zero-order chi connectivity index (χ0) is 13.1. The maximum Gasteiger partial charge on any atom is 0.127 e. The van der Waals surface area contributed by atoms with E-state index >= 15 is 0 Å². The van der Waals surface area contributed by atoms with Gasteiger partial charge in [-0.3, -0.25) is 0 Å². The van der Waals surface area contributed by atoms with Gasteiger partial charge in [0.05, 0.1) is 18.6 Å². The first-order valence-corrected chi connectivity index (χ1v) is 6.96. The summed E-state index contributed by atoms with van der Waals surface area (Å²) < 4.78 is 10.5. The van der Waals surface area contributed by atoms with Gasteiger partial charge < -0.3 is 9.15 Å². The molecule has 2 heterocycles. The van der Waals surface area contributed by atoms with Gasteiger partial charge in [0.2, 0.25) is 0 Å². The second kappa shape index (κ2) is 5.28. The van der Waals surface area contributed by atoms with Gasteiger partial charge in [0.1, 0.15) is 17.0 Å². The Morgan fingerprint density at radius 1 is 1.16 bits per heavy atom. The standard InChI is InChI=1S/C15H13NO2S/c1-2-18-13-5-3-11(4-6-13)14-10-19-15(16-14)12-7-8-17-9-12/h3-10H,2H2,1H3. The van der Waals surface area contributed by atoms with Crippen molar-refractivity contribution in [3.63, 3.8) is 0 Å². The maximum atomic E-state index is 5.43. The van der Waals surface area contributed by atoms with Crippen molar-refractivity contribution >= 4 is 11.3 Å². The van der Waals surface area contributed by atoms with E-state index in [2.05, 4.69) is 10.4 Å². The van der Waals surface area contributed by atoms with Gasteiger partial charge in [0, 0.05) is 16.5 Å². The first-order valence-electron chi connectivity index (χ1n) is 6.08. The number of hydrogen-bond donors (Lipinski definition) is 0. The molecule has 0 aliphatic carbocycles. The molecule has 0 spiro atoms. The predicted octanol–water partition coefficient (Wildman–Crippen LogP) is 4.47. The Morgan fingerprint density at radius 2 is 2.00 bits per heavy atom. The number of furan rings is 1. The van der Waals surface area contributed by atoms with Crippen molar-refractivity contribution in [2.75, 3.05) is 6.61 Å². The van der Waals surface area contributed by atoms with Gasteiger partial charge in [-0.1, -0.05) is 0 Å². The zero-order valence-electron chi connectivity index (χ0n) is 10.5. The van der Waals surface area contributed by atoms with Crippen LogP contribution in [0.5, 0.6) is 5.75 Å². The van der Waals surface area contributed by atoms with Crippen LogP contribution in [0.25, 0.3) is 21.8 Å². The van der Waals surface area contributed by atoms with Gasteiger partial charge in [-0.05, 0) is 37.3 Å². The minimum atomic E-state index is 0.681. The molecule has 0 N–H and O–H groups in total. The largest absolute Gasteiger partial charge is 0.494 e. The summed E-state index contributed by atoms with van der Waals surface area (Å²) in [7, 11) is 0. The summed E-state index contributed by atoms with van der Waals surface area (Å²) in [4.78, 5) is 4.62. The molecule has 0 aliphatic heterocycles. The SMILES string of the molecule is CCOc1ccc(-c2csc(-c3ccoc3)n2)cc1. The van der Waals surface area contributed by atoms with Crippen molar-refractivity contribution < 1.29 is 9.15 Å². The number of benzene rings is 1. The quantitative estimate of drug-likeness (QED) is 0.702. The Morgan fingerprint density at radius 3 is 2.68 bits per heavy atom. The number of ether oxygens (including phenoxy) is 1. The summed E-state index contributed by atoms with van der Waals surface area (Å²) in [6.45, 7) is 2.66. The summed E-state index contributed by atoms with van der Waals surface area (Å²) >= 11 is 1.61. The fraction of sp³-hybridized carbons (Fsp3) is 0.133. The first kappa shape index (κ1) is 12.0. The number of thiazole rings is 1. The topological polar surface area (TPSA) is 35.3 Å². The highest BCUT2D eigenvalue weighted by Gasteiger charge is 2.07. The van der Waals surface area contributed by atoms with E-state index in [0.29, 0.717) is 6.61 Å². The number of nitrogens with zero attached hydrogens (tertiary/aromatic N) is 1. The molecule has 0 amide bonds. The normalized spacial score (nSPS) is 10.6. The van der Waals surface area contributed by atoms with Crippen molar-refractivity contribution in [1.29, 1.82) is 0 Å². The van der Waals surface area contributed by atoms with E-state index in [1.54, 1.807) is 23.9 Å². The number of aromatic nitrogens is 1. The molecule has 0 saturated heterocycles. The monoisotopic (exact) mass is 271 g/mol. The summed E-state index contributed by atoms with van der Waals surface area (Å²) in [5.41, 5.74) is 3.08. The Balaban J connectivity index is 1.86. The Kier molecular flexibility index (Phi) is 3.33. The zero-order valence-corrected chi connectivity index (χ0v) is 11.3. The molecule has 3 nitrogen and oxygen atoms in total. The maximum absolute atomic E-state index is 5.43. The van der Waals surface area contributed by atoms with Crippen molar-refractivity contribution in [3.05, 3.63) is 48.2 Å². The molecule has 3 rings (SSSR count). The van der Waals surface area contributed by atoms with Crippen LogP contribution in [-0.2, 0) is 0 Å². The minimum absolute atomic E-state index is 0.681. The molecule has 4 heteroatoms. The summed E-state index contributed by atoms with van der Waals surface area (Å²) in [5, 5.41) is 3.02. The molecule has 0 atom stereocenters. The van der Waals surface area contributed by atoms with Crippen molar-refractivity contribution in [2.45, 2.75) is 6.92 Å². The second-order valence-corrected chi connectivity index (χ2v) is 4.87. The molecule has 0 saturated carbocycles. The van der Waals surface area contributed by atoms with Crippen LogP contribution in [-0.4, -0.2) is 11.6 Å². The van der Waals surface area contributed by atoms with Gasteiger partial charge in [-0.25, -0.2) is 4.98 Å². The van der Waals surface area contributed by atoms with Crippen LogP contribution in [0.3, 0.4) is 0 Å². The van der Waals surface area contributed by atoms with E-state index in [1.165, 1.54) is 0 Å². The van der Waals surface area contributed by atoms with Gasteiger partial charge in [-0.15, -0.1) is 11.3 Å². The van der Waals surface area contributed by atoms with E-state index in [4.69, 9.17) is 9.15 Å². The summed E-state index contributed by atoms with van der Waals surface area (Å²) in [6.07, 6.45) is 3.37. The van der Waals surface area contributed by atoms with Crippen LogP contribution in [0.4, 0.5) is 0 Å². The lowest BCUT2D eigenvalue weighted by Crippen LogP contribution is -1.90. The molecular formula is C15H13NO2S. The van der Waals surface area contributed by atoms with Gasteiger partial charge in [0.25, 0.3) is 0 Å². The molecule has 2 aromatic heterocycles. The van der Waals surface area contributed by atoms with Crippen LogP contribution in [0.2, 0.25) is 0 Å². The third-order valence-electron chi connectivity index (χ3n) is 2.73. The van der Waals surface area contributed by atoms with Crippen molar-refractivity contribution in [1.82, 2.24) is 4.98 Å². The lowest BCUT2D eigenvalue weighted by Gasteiger charge is -2.03. The molecule has 19 heavy (non-hydrogen) atoms. The fourth-order valence-electron chi connectivity index (χ4n) is 1.81. The minimum Gasteiger partial charge on any atom is -0.494 e. The lowest BCUT2D eigenvalue weighted by atomic mass is 10.2. The molecule has 0 radical (unpaired) electrons. The second-order valence-electron chi connectivity index (χ2n) is 4.01. The molecule has 96 valence electrons. The fourth-order valence-corrected chi connectivity index (χ4v) is 2.63. The molecule has 0 fully saturated rings. The van der Waals surface area contributed by atoms with Gasteiger partial charge in [-0.2, -0.15) is 0 Å². The third-order valence-corrected chi connectivity index (χ3v) is 3.62. The number of rotatable bonds is 4. The van der Waals surface area contributed by atoms with Gasteiger partial charge in [0.15, 0.2) is 0 Å². The summed E-state index contributed by atoms with van der Waals surface area (Å²) in [6, 6.07) is 9.91. The first-order chi connectivity index (χ1) is 9.36. The molecular weight excluding hydrogens is 258 g/mol. The van der Waals surface area contributed by atoms with Crippen molar-refractivity contribution in [2.24, 2.45) is 0 Å². The van der Waals surface area contributed by atoms with Crippen LogP contribution in [0.15, 0.2) is 52.7 Å². The molecule has 1 aromatic carbocycles. The van der Waals surface area contributed by atoms with Crippen LogP contribution in [0.1, 0.15) is 6.92 Å². The smallest absolute Gasteiger partial charge is 0.127 e. The Hall–Kier alpha value is -2.07. The summed E-state index contributed by atoms with van der Waals surface area (Å²) in [5.74, 6) is 0.886. The Bertz CT molecular complexity index is 641. The third kappa shape index (κ3) is 2.53. The average Bonchev–Trinajstić information content (AvgIpc) is 3.11. The van der Waals surface area contributed by atoms with E-state index in [1.807, 2.05) is 37.3 Å². The van der Waals surface area contributed by atoms with Crippen LogP contribution in [0, 0.1) is 0 Å². The molecule has 0 bridgehead atoms. The lowest BCUT2D eigenvalue weighted by molar-refractivity contribution is 0.340. The van der Waals surface area contributed by atoms with Crippen molar-refractivity contribution in [3.8, 4) is 27.6 Å². The van der Waals surface area contributed by atoms with E-state index in [0.717, 1.165) is 27.6 Å². The predicted molar refractivity (Wildman–Crippen MR) is 76.4 cm³/mol. The van der Waals surface area contributed by atoms with E-state index < -0.39 is 0 Å². The van der Waals surface area contributed by atoms with E-state index in [9.17, 15) is 0 Å². The molecule has 0 unspecified atom stereocenters. The Labute approximate surface area is 115 Å². The van der Waals surface area contributed by atoms with Gasteiger partial charge >= 0.3 is 0 Å². The molecule has 3 aromatic rings. The van der Waals surface area contributed by atoms with Crippen LogP contribution < -0.4 is 4.74 Å².